The summed E-state index contributed by atoms with van der Waals surface area (Å²) in [7, 11) is 0. The van der Waals surface area contributed by atoms with E-state index in [1.165, 1.54) is 44.8 Å². The van der Waals surface area contributed by atoms with Crippen LogP contribution in [0.4, 0.5) is 4.39 Å². The Hall–Kier alpha value is -1.35. The van der Waals surface area contributed by atoms with Gasteiger partial charge in [-0.25, -0.2) is 4.39 Å². The van der Waals surface area contributed by atoms with Crippen molar-refractivity contribution in [3.63, 3.8) is 0 Å². The summed E-state index contributed by atoms with van der Waals surface area (Å²) in [6.45, 7) is 6.12. The average Bonchev–Trinajstić information content (AvgIpc) is 3.39. The van der Waals surface area contributed by atoms with Gasteiger partial charge in [0.25, 0.3) is 0 Å². The molecule has 3 aliphatic heterocycles. The molecule has 0 unspecified atom stereocenters. The first kappa shape index (κ1) is 20.9. The van der Waals surface area contributed by atoms with E-state index in [2.05, 4.69) is 31.1 Å². The summed E-state index contributed by atoms with van der Waals surface area (Å²) in [6, 6.07) is 1.48. The summed E-state index contributed by atoms with van der Waals surface area (Å²) in [6.07, 6.45) is 4.88. The highest BCUT2D eigenvalue weighted by atomic mass is 79.9. The molecule has 3 aliphatic rings. The first-order valence-corrected chi connectivity index (χ1v) is 11.0. The first-order valence-electron chi connectivity index (χ1n) is 10.2. The van der Waals surface area contributed by atoms with Crippen molar-refractivity contribution in [2.75, 3.05) is 33.0 Å². The molecule has 3 heterocycles. The molecule has 0 spiro atoms. The minimum absolute atomic E-state index is 0.198. The van der Waals surface area contributed by atoms with Gasteiger partial charge in [0.1, 0.15) is 18.4 Å². The Morgan fingerprint density at radius 2 is 2.07 bits per heavy atom. The third-order valence-electron chi connectivity index (χ3n) is 6.18. The molecule has 2 saturated heterocycles. The van der Waals surface area contributed by atoms with Crippen LogP contribution in [-0.2, 0) is 22.7 Å². The fraction of sp³-hybridized carbons (Fsp3) is 0.619. The Bertz CT molecular complexity index is 819. The maximum Gasteiger partial charge on any atom is 0.138 e. The normalized spacial score (nSPS) is 20.7. The molecule has 1 aromatic rings. The smallest absolute Gasteiger partial charge is 0.138 e. The van der Waals surface area contributed by atoms with Crippen LogP contribution < -0.4 is 5.32 Å². The van der Waals surface area contributed by atoms with Crippen molar-refractivity contribution in [2.24, 2.45) is 4.99 Å². The molecule has 29 heavy (non-hydrogen) atoms. The van der Waals surface area contributed by atoms with E-state index in [4.69, 9.17) is 14.9 Å². The van der Waals surface area contributed by atoms with Gasteiger partial charge in [0.2, 0.25) is 0 Å². The molecule has 2 fully saturated rings. The maximum absolute atomic E-state index is 14.5. The van der Waals surface area contributed by atoms with Gasteiger partial charge in [-0.05, 0) is 73.3 Å². The van der Waals surface area contributed by atoms with Gasteiger partial charge in [-0.15, -0.1) is 0 Å². The monoisotopic (exact) mass is 466 g/mol. The van der Waals surface area contributed by atoms with Gasteiger partial charge in [-0.3, -0.25) is 9.89 Å². The zero-order valence-corrected chi connectivity index (χ0v) is 18.4. The summed E-state index contributed by atoms with van der Waals surface area (Å²) in [5, 5.41) is 11.0. The minimum atomic E-state index is -0.335. The summed E-state index contributed by atoms with van der Waals surface area (Å²) >= 11 is 3.32. The molecule has 4 rings (SSSR count). The Labute approximate surface area is 179 Å². The molecule has 6 nitrogen and oxygen atoms in total. The lowest BCUT2D eigenvalue weighted by atomic mass is 9.95. The van der Waals surface area contributed by atoms with Crippen molar-refractivity contribution in [2.45, 2.75) is 51.4 Å². The van der Waals surface area contributed by atoms with Gasteiger partial charge < -0.3 is 20.2 Å². The Kier molecular flexibility index (Phi) is 6.34. The largest absolute Gasteiger partial charge is 0.372 e. The van der Waals surface area contributed by atoms with E-state index in [0.29, 0.717) is 48.1 Å². The van der Waals surface area contributed by atoms with Gasteiger partial charge in [-0.1, -0.05) is 0 Å². The Morgan fingerprint density at radius 3 is 2.79 bits per heavy atom. The first-order chi connectivity index (χ1) is 14.0. The molecule has 0 atom stereocenters. The summed E-state index contributed by atoms with van der Waals surface area (Å²) in [4.78, 5) is 7.09. The quantitative estimate of drug-likeness (QED) is 0.278. The predicted molar refractivity (Wildman–Crippen MR) is 114 cm³/mol. The van der Waals surface area contributed by atoms with Crippen molar-refractivity contribution < 1.29 is 13.9 Å². The van der Waals surface area contributed by atoms with Crippen LogP contribution >= 0.6 is 15.9 Å². The van der Waals surface area contributed by atoms with E-state index in [9.17, 15) is 4.39 Å². The SMILES string of the molecule is CC(=N)CN=C(NCOCC12CCCN1CCC2)c1cc(F)c(Br)c2c1COC2. The predicted octanol–water partition coefficient (Wildman–Crippen LogP) is 3.60. The fourth-order valence-electron chi connectivity index (χ4n) is 4.75. The molecule has 0 amide bonds. The number of amidine groups is 1. The number of hydrogen-bond donors (Lipinski definition) is 2. The topological polar surface area (TPSA) is 69.9 Å². The molecule has 158 valence electrons. The van der Waals surface area contributed by atoms with E-state index in [-0.39, 0.29) is 17.9 Å². The molecule has 0 aromatic heterocycles. The number of halogens is 2. The standard InChI is InChI=1S/C21H28BrFN4O2/c1-14(24)9-25-20(15-8-18(23)19(22)17-11-28-10-16(15)17)26-13-29-12-21-4-2-6-27(21)7-3-5-21/h8,24H,2-7,9-13H2,1H3,(H,25,26). The Balaban J connectivity index is 1.47. The third-order valence-corrected chi connectivity index (χ3v) is 7.04. The minimum Gasteiger partial charge on any atom is -0.372 e. The molecule has 0 bridgehead atoms. The third kappa shape index (κ3) is 4.26. The second-order valence-electron chi connectivity index (χ2n) is 8.20. The van der Waals surface area contributed by atoms with Gasteiger partial charge in [-0.2, -0.15) is 0 Å². The summed E-state index contributed by atoms with van der Waals surface area (Å²) < 4.78 is 26.5. The van der Waals surface area contributed by atoms with Crippen molar-refractivity contribution >= 4 is 27.5 Å². The number of aliphatic imine (C=N–C) groups is 1. The molecular formula is C21H28BrFN4O2. The van der Waals surface area contributed by atoms with Crippen LogP contribution in [0.2, 0.25) is 0 Å². The van der Waals surface area contributed by atoms with Gasteiger partial charge in [0.15, 0.2) is 0 Å². The van der Waals surface area contributed by atoms with Gasteiger partial charge in [0, 0.05) is 22.4 Å². The van der Waals surface area contributed by atoms with E-state index in [0.717, 1.165) is 11.1 Å². The van der Waals surface area contributed by atoms with Crippen molar-refractivity contribution in [3.8, 4) is 0 Å². The number of hydrogen-bond acceptors (Lipinski definition) is 5. The number of nitrogens with zero attached hydrogens (tertiary/aromatic N) is 2. The van der Waals surface area contributed by atoms with Crippen LogP contribution in [0.25, 0.3) is 0 Å². The molecule has 1 aromatic carbocycles. The average molecular weight is 467 g/mol. The number of benzene rings is 1. The lowest BCUT2D eigenvalue weighted by molar-refractivity contribution is 0.0327. The summed E-state index contributed by atoms with van der Waals surface area (Å²) in [5.41, 5.74) is 3.09. The molecule has 2 N–H and O–H groups in total. The highest BCUT2D eigenvalue weighted by molar-refractivity contribution is 9.10. The van der Waals surface area contributed by atoms with E-state index < -0.39 is 0 Å². The molecule has 8 heteroatoms. The summed E-state index contributed by atoms with van der Waals surface area (Å²) in [5.74, 6) is 0.217. The number of nitrogens with one attached hydrogen (secondary N) is 2. The van der Waals surface area contributed by atoms with Crippen LogP contribution in [0.15, 0.2) is 15.5 Å². The van der Waals surface area contributed by atoms with E-state index in [1.807, 2.05) is 0 Å². The molecular weight excluding hydrogens is 439 g/mol. The lowest BCUT2D eigenvalue weighted by Gasteiger charge is -2.31. The zero-order valence-electron chi connectivity index (χ0n) is 16.8. The second kappa shape index (κ2) is 8.79. The second-order valence-corrected chi connectivity index (χ2v) is 9.00. The highest BCUT2D eigenvalue weighted by Gasteiger charge is 2.44. The van der Waals surface area contributed by atoms with Crippen LogP contribution in [0.5, 0.6) is 0 Å². The zero-order chi connectivity index (χ0) is 20.4. The van der Waals surface area contributed by atoms with Crippen molar-refractivity contribution in [1.82, 2.24) is 10.2 Å². The highest BCUT2D eigenvalue weighted by Crippen LogP contribution is 2.39. The van der Waals surface area contributed by atoms with E-state index in [1.54, 1.807) is 6.92 Å². The van der Waals surface area contributed by atoms with Crippen LogP contribution in [0.1, 0.15) is 49.3 Å². The van der Waals surface area contributed by atoms with Gasteiger partial charge in [0.05, 0.1) is 30.8 Å². The maximum atomic E-state index is 14.5. The fourth-order valence-corrected chi connectivity index (χ4v) is 5.22. The Morgan fingerprint density at radius 1 is 1.34 bits per heavy atom. The molecule has 0 radical (unpaired) electrons. The van der Waals surface area contributed by atoms with Crippen LogP contribution in [0.3, 0.4) is 0 Å². The van der Waals surface area contributed by atoms with Crippen molar-refractivity contribution in [3.05, 3.63) is 33.0 Å². The van der Waals surface area contributed by atoms with E-state index >= 15 is 0 Å². The molecule has 0 aliphatic carbocycles. The lowest BCUT2D eigenvalue weighted by Crippen LogP contribution is -2.43. The van der Waals surface area contributed by atoms with Crippen LogP contribution in [0, 0.1) is 11.2 Å². The number of ether oxygens (including phenoxy) is 2. The number of fused-ring (bicyclic) bond motifs is 2. The van der Waals surface area contributed by atoms with Crippen LogP contribution in [-0.4, -0.2) is 55.0 Å². The van der Waals surface area contributed by atoms with Gasteiger partial charge >= 0.3 is 0 Å². The number of rotatable bonds is 7. The van der Waals surface area contributed by atoms with Crippen molar-refractivity contribution in [1.29, 1.82) is 5.41 Å². The molecule has 0 saturated carbocycles.